The van der Waals surface area contributed by atoms with Gasteiger partial charge in [0.05, 0.1) is 19.3 Å². The maximum atomic E-state index is 12.9. The average Bonchev–Trinajstić information content (AvgIpc) is 3.28. The molecule has 2 heterocycles. The number of esters is 1. The highest BCUT2D eigenvalue weighted by Crippen LogP contribution is 2.40. The number of nitrogens with one attached hydrogen (secondary N) is 1. The third kappa shape index (κ3) is 5.36. The number of fused-ring (bicyclic) bond motifs is 1. The second kappa shape index (κ2) is 11.5. The molecule has 36 heavy (non-hydrogen) atoms. The molecular weight excluding hydrogens is 476 g/mol. The second-order valence-electron chi connectivity index (χ2n) is 8.42. The van der Waals surface area contributed by atoms with Crippen LogP contribution in [0.15, 0.2) is 58.9 Å². The molecule has 1 unspecified atom stereocenters. The summed E-state index contributed by atoms with van der Waals surface area (Å²) in [5.41, 5.74) is 4.24. The molecule has 0 fully saturated rings. The van der Waals surface area contributed by atoms with Crippen molar-refractivity contribution in [1.29, 1.82) is 0 Å². The van der Waals surface area contributed by atoms with E-state index < -0.39 is 12.0 Å². The lowest BCUT2D eigenvalue weighted by molar-refractivity contribution is -0.136. The molecule has 1 aromatic heterocycles. The number of aromatic nitrogens is 3. The number of aryl methyl sites for hydroxylation is 1. The molecule has 0 saturated heterocycles. The maximum absolute atomic E-state index is 12.9. The van der Waals surface area contributed by atoms with E-state index in [-0.39, 0.29) is 0 Å². The minimum absolute atomic E-state index is 0.424. The van der Waals surface area contributed by atoms with E-state index in [9.17, 15) is 4.79 Å². The molecular formula is C27H32N4O4S. The monoisotopic (exact) mass is 508 g/mol. The smallest absolute Gasteiger partial charge is 0.338 e. The third-order valence-electron chi connectivity index (χ3n) is 5.90. The SMILES string of the molecule is CCCSc1nc2n(n1)C(c1ccc(OCc3ccccc3C)c(OCC)c1)C(C(=O)OC)=C(C)N2. The van der Waals surface area contributed by atoms with Crippen LogP contribution in [0.2, 0.25) is 0 Å². The summed E-state index contributed by atoms with van der Waals surface area (Å²) in [5, 5.41) is 8.60. The van der Waals surface area contributed by atoms with E-state index in [4.69, 9.17) is 19.3 Å². The van der Waals surface area contributed by atoms with Crippen LogP contribution < -0.4 is 14.8 Å². The first kappa shape index (κ1) is 25.6. The van der Waals surface area contributed by atoms with Gasteiger partial charge in [-0.1, -0.05) is 49.0 Å². The van der Waals surface area contributed by atoms with Gasteiger partial charge in [0, 0.05) is 11.4 Å². The highest BCUT2D eigenvalue weighted by Gasteiger charge is 2.35. The van der Waals surface area contributed by atoms with E-state index in [2.05, 4.69) is 36.3 Å². The maximum Gasteiger partial charge on any atom is 0.338 e. The van der Waals surface area contributed by atoms with E-state index in [0.717, 1.165) is 23.3 Å². The number of rotatable bonds is 10. The van der Waals surface area contributed by atoms with Gasteiger partial charge in [0.1, 0.15) is 12.6 Å². The van der Waals surface area contributed by atoms with E-state index in [1.165, 1.54) is 12.7 Å². The number of hydrogen-bond acceptors (Lipinski definition) is 8. The summed E-state index contributed by atoms with van der Waals surface area (Å²) in [7, 11) is 1.38. The number of thioether (sulfide) groups is 1. The zero-order valence-electron chi connectivity index (χ0n) is 21.3. The van der Waals surface area contributed by atoms with Crippen LogP contribution in [0.1, 0.15) is 49.9 Å². The van der Waals surface area contributed by atoms with Gasteiger partial charge in [-0.05, 0) is 56.0 Å². The van der Waals surface area contributed by atoms with Crippen molar-refractivity contribution in [3.63, 3.8) is 0 Å². The number of hydrogen-bond donors (Lipinski definition) is 1. The van der Waals surface area contributed by atoms with Gasteiger partial charge in [-0.3, -0.25) is 0 Å². The first-order valence-corrected chi connectivity index (χ1v) is 13.0. The minimum atomic E-state index is -0.526. The second-order valence-corrected chi connectivity index (χ2v) is 9.49. The molecule has 0 radical (unpaired) electrons. The summed E-state index contributed by atoms with van der Waals surface area (Å²) in [4.78, 5) is 17.5. The van der Waals surface area contributed by atoms with E-state index >= 15 is 0 Å². The van der Waals surface area contributed by atoms with E-state index in [1.807, 2.05) is 44.2 Å². The Kier molecular flexibility index (Phi) is 8.20. The molecule has 1 N–H and O–H groups in total. The minimum Gasteiger partial charge on any atom is -0.490 e. The predicted molar refractivity (Wildman–Crippen MR) is 141 cm³/mol. The summed E-state index contributed by atoms with van der Waals surface area (Å²) in [6.07, 6.45) is 1.01. The first-order valence-electron chi connectivity index (χ1n) is 12.1. The van der Waals surface area contributed by atoms with Crippen molar-refractivity contribution in [3.8, 4) is 11.5 Å². The molecule has 0 bridgehead atoms. The number of carbonyl (C=O) groups is 1. The molecule has 8 nitrogen and oxygen atoms in total. The van der Waals surface area contributed by atoms with Crippen LogP contribution in [-0.4, -0.2) is 40.2 Å². The number of ether oxygens (including phenoxy) is 3. The fraction of sp³-hybridized carbons (Fsp3) is 0.370. The molecule has 4 rings (SSSR count). The Morgan fingerprint density at radius 1 is 1.11 bits per heavy atom. The molecule has 0 saturated carbocycles. The summed E-state index contributed by atoms with van der Waals surface area (Å²) < 4.78 is 19.0. The van der Waals surface area contributed by atoms with Crippen LogP contribution in [0, 0.1) is 6.92 Å². The van der Waals surface area contributed by atoms with Crippen molar-refractivity contribution in [2.45, 2.75) is 51.9 Å². The Morgan fingerprint density at radius 2 is 1.92 bits per heavy atom. The summed E-state index contributed by atoms with van der Waals surface area (Å²) in [6, 6.07) is 13.3. The van der Waals surface area contributed by atoms with Crippen LogP contribution in [0.3, 0.4) is 0 Å². The van der Waals surface area contributed by atoms with Gasteiger partial charge in [0.15, 0.2) is 11.5 Å². The summed E-state index contributed by atoms with van der Waals surface area (Å²) >= 11 is 1.58. The largest absolute Gasteiger partial charge is 0.490 e. The van der Waals surface area contributed by atoms with Gasteiger partial charge in [0.25, 0.3) is 0 Å². The number of methoxy groups -OCH3 is 1. The zero-order chi connectivity index (χ0) is 25.7. The van der Waals surface area contributed by atoms with Crippen molar-refractivity contribution in [3.05, 3.63) is 70.4 Å². The fourth-order valence-corrected chi connectivity index (χ4v) is 4.76. The van der Waals surface area contributed by atoms with Gasteiger partial charge in [-0.25, -0.2) is 9.48 Å². The first-order chi connectivity index (χ1) is 17.5. The standard InChI is InChI=1S/C27H32N4O4S/c1-6-14-36-27-29-26-28-18(4)23(25(32)33-5)24(31(26)30-27)19-12-13-21(22(15-19)34-7-2)35-16-20-11-9-8-10-17(20)3/h8-13,15,24H,6-7,14,16H2,1-5H3,(H,28,29,30). The molecule has 2 aromatic carbocycles. The third-order valence-corrected chi connectivity index (χ3v) is 6.95. The number of anilines is 1. The molecule has 0 amide bonds. The van der Waals surface area contributed by atoms with Gasteiger partial charge >= 0.3 is 5.97 Å². The van der Waals surface area contributed by atoms with Crippen molar-refractivity contribution in [2.75, 3.05) is 24.8 Å². The Hall–Kier alpha value is -3.46. The lowest BCUT2D eigenvalue weighted by Gasteiger charge is -2.28. The van der Waals surface area contributed by atoms with Crippen LogP contribution in [0.25, 0.3) is 0 Å². The highest BCUT2D eigenvalue weighted by atomic mass is 32.2. The van der Waals surface area contributed by atoms with Gasteiger partial charge in [-0.2, -0.15) is 4.98 Å². The average molecular weight is 509 g/mol. The van der Waals surface area contributed by atoms with E-state index in [0.29, 0.717) is 47.1 Å². The molecule has 190 valence electrons. The lowest BCUT2D eigenvalue weighted by atomic mass is 9.95. The lowest BCUT2D eigenvalue weighted by Crippen LogP contribution is -2.29. The Bertz CT molecular complexity index is 1270. The summed E-state index contributed by atoms with van der Waals surface area (Å²) in [5.74, 6) is 2.31. The molecule has 0 aliphatic carbocycles. The number of allylic oxidation sites excluding steroid dienone is 1. The zero-order valence-corrected chi connectivity index (χ0v) is 22.1. The van der Waals surface area contributed by atoms with Crippen LogP contribution in [-0.2, 0) is 16.1 Å². The van der Waals surface area contributed by atoms with Crippen molar-refractivity contribution in [1.82, 2.24) is 14.8 Å². The topological polar surface area (TPSA) is 87.5 Å². The van der Waals surface area contributed by atoms with E-state index in [1.54, 1.807) is 16.4 Å². The predicted octanol–water partition coefficient (Wildman–Crippen LogP) is 5.53. The van der Waals surface area contributed by atoms with Crippen LogP contribution in [0.4, 0.5) is 5.95 Å². The number of nitrogens with zero attached hydrogens (tertiary/aromatic N) is 3. The quantitative estimate of drug-likeness (QED) is 0.283. The normalized spacial score (nSPS) is 14.8. The Morgan fingerprint density at radius 3 is 2.64 bits per heavy atom. The van der Waals surface area contributed by atoms with Crippen molar-refractivity contribution in [2.24, 2.45) is 0 Å². The molecule has 1 aliphatic rings. The molecule has 1 aliphatic heterocycles. The van der Waals surface area contributed by atoms with Gasteiger partial charge in [0.2, 0.25) is 11.1 Å². The van der Waals surface area contributed by atoms with Gasteiger partial charge < -0.3 is 19.5 Å². The number of carbonyl (C=O) groups excluding carboxylic acids is 1. The van der Waals surface area contributed by atoms with Crippen molar-refractivity contribution >= 4 is 23.7 Å². The van der Waals surface area contributed by atoms with Crippen LogP contribution in [0.5, 0.6) is 11.5 Å². The molecule has 0 spiro atoms. The van der Waals surface area contributed by atoms with Gasteiger partial charge in [-0.15, -0.1) is 5.10 Å². The fourth-order valence-electron chi connectivity index (χ4n) is 4.08. The Balaban J connectivity index is 1.73. The molecule has 3 aromatic rings. The van der Waals surface area contributed by atoms with Crippen molar-refractivity contribution < 1.29 is 19.0 Å². The Labute approximate surface area is 216 Å². The molecule has 1 atom stereocenters. The molecule has 9 heteroatoms. The highest BCUT2D eigenvalue weighted by molar-refractivity contribution is 7.99. The van der Waals surface area contributed by atoms with Crippen LogP contribution >= 0.6 is 11.8 Å². The number of benzene rings is 2. The summed E-state index contributed by atoms with van der Waals surface area (Å²) in [6.45, 7) is 8.86.